The van der Waals surface area contributed by atoms with Crippen molar-refractivity contribution in [2.75, 3.05) is 18.0 Å². The van der Waals surface area contributed by atoms with Gasteiger partial charge in [-0.15, -0.1) is 0 Å². The third-order valence-electron chi connectivity index (χ3n) is 6.01. The third-order valence-corrected chi connectivity index (χ3v) is 7.68. The predicted octanol–water partition coefficient (Wildman–Crippen LogP) is 5.96. The molecule has 0 bridgehead atoms. The van der Waals surface area contributed by atoms with Crippen molar-refractivity contribution in [3.63, 3.8) is 0 Å². The van der Waals surface area contributed by atoms with E-state index in [1.807, 2.05) is 30.3 Å². The van der Waals surface area contributed by atoms with Crippen molar-refractivity contribution in [1.29, 1.82) is 0 Å². The smallest absolute Gasteiger partial charge is 0.268 e. The second-order valence-corrected chi connectivity index (χ2v) is 9.73. The molecule has 1 saturated heterocycles. The number of benzene rings is 3. The minimum absolute atomic E-state index is 0.0762. The molecule has 1 aliphatic rings. The van der Waals surface area contributed by atoms with Crippen molar-refractivity contribution in [3.8, 4) is 0 Å². The first kappa shape index (κ1) is 20.0. The number of alkyl halides is 2. The normalized spacial score (nSPS) is 15.3. The fourth-order valence-corrected chi connectivity index (χ4v) is 5.88. The van der Waals surface area contributed by atoms with E-state index in [1.165, 1.54) is 6.07 Å². The van der Waals surface area contributed by atoms with Crippen molar-refractivity contribution in [2.24, 2.45) is 0 Å². The van der Waals surface area contributed by atoms with Gasteiger partial charge < -0.3 is 4.90 Å². The van der Waals surface area contributed by atoms with Crippen LogP contribution in [0.2, 0.25) is 0 Å². The summed E-state index contributed by atoms with van der Waals surface area (Å²) in [7, 11) is -4.05. The van der Waals surface area contributed by atoms with Crippen LogP contribution in [0.5, 0.6) is 0 Å². The number of hydrogen-bond donors (Lipinski definition) is 0. The molecular formula is C24H22F2N2O2S. The van der Waals surface area contributed by atoms with E-state index >= 15 is 0 Å². The van der Waals surface area contributed by atoms with Gasteiger partial charge in [-0.05, 0) is 54.3 Å². The second-order valence-electron chi connectivity index (χ2n) is 7.91. The highest BCUT2D eigenvalue weighted by Crippen LogP contribution is 2.39. The molecule has 4 aromatic rings. The Morgan fingerprint density at radius 2 is 1.58 bits per heavy atom. The molecule has 160 valence electrons. The monoisotopic (exact) mass is 440 g/mol. The van der Waals surface area contributed by atoms with Gasteiger partial charge in [0, 0.05) is 35.9 Å². The number of nitrogens with zero attached hydrogens (tertiary/aromatic N) is 2. The molecule has 1 fully saturated rings. The number of anilines is 1. The minimum Gasteiger partial charge on any atom is -0.371 e. The molecule has 0 saturated carbocycles. The van der Waals surface area contributed by atoms with Gasteiger partial charge in [0.05, 0.1) is 10.4 Å². The van der Waals surface area contributed by atoms with Crippen LogP contribution in [0.1, 0.15) is 31.3 Å². The highest BCUT2D eigenvalue weighted by molar-refractivity contribution is 7.90. The molecule has 0 amide bonds. The molecule has 1 aliphatic heterocycles. The van der Waals surface area contributed by atoms with Crippen molar-refractivity contribution in [2.45, 2.75) is 30.6 Å². The largest absolute Gasteiger partial charge is 0.371 e. The molecule has 2 heterocycles. The van der Waals surface area contributed by atoms with Crippen molar-refractivity contribution in [1.82, 2.24) is 3.97 Å². The van der Waals surface area contributed by atoms with Gasteiger partial charge in [0.25, 0.3) is 16.4 Å². The number of fused-ring (bicyclic) bond motifs is 2. The lowest BCUT2D eigenvalue weighted by atomic mass is 10.1. The molecule has 0 radical (unpaired) electrons. The fraction of sp³-hybridized carbons (Fsp3) is 0.250. The molecule has 4 nitrogen and oxygen atoms in total. The van der Waals surface area contributed by atoms with Gasteiger partial charge in [-0.3, -0.25) is 0 Å². The summed E-state index contributed by atoms with van der Waals surface area (Å²) < 4.78 is 56.1. The number of hydrogen-bond acceptors (Lipinski definition) is 3. The standard InChI is InChI=1S/C24H22F2N2O2S/c25-24(26)20-16-28(22-10-6-9-21(23(20)22)27-13-4-1-5-14-27)31(29,30)19-12-11-17-7-2-3-8-18(17)15-19/h2-3,6-12,15-16,24H,1,4-5,13-14H2. The molecule has 0 aliphatic carbocycles. The number of piperidine rings is 1. The van der Waals surface area contributed by atoms with Gasteiger partial charge in [0.15, 0.2) is 0 Å². The van der Waals surface area contributed by atoms with E-state index in [0.717, 1.165) is 53.3 Å². The zero-order valence-corrected chi connectivity index (χ0v) is 17.7. The molecule has 5 rings (SSSR count). The Bertz CT molecular complexity index is 1370. The van der Waals surface area contributed by atoms with E-state index in [4.69, 9.17) is 0 Å². The Kier molecular flexibility index (Phi) is 4.93. The van der Waals surface area contributed by atoms with Crippen LogP contribution in [0.4, 0.5) is 14.5 Å². The molecule has 0 N–H and O–H groups in total. The summed E-state index contributed by atoms with van der Waals surface area (Å²) in [4.78, 5) is 2.16. The summed E-state index contributed by atoms with van der Waals surface area (Å²) in [6, 6.07) is 17.5. The van der Waals surface area contributed by atoms with E-state index in [9.17, 15) is 17.2 Å². The second kappa shape index (κ2) is 7.64. The van der Waals surface area contributed by atoms with Crippen LogP contribution in [-0.2, 0) is 10.0 Å². The quantitative estimate of drug-likeness (QED) is 0.393. The van der Waals surface area contributed by atoms with E-state index in [1.54, 1.807) is 24.3 Å². The molecule has 7 heteroatoms. The Hall–Kier alpha value is -2.93. The first-order valence-electron chi connectivity index (χ1n) is 10.4. The molecule has 3 aromatic carbocycles. The van der Waals surface area contributed by atoms with Gasteiger partial charge >= 0.3 is 0 Å². The molecule has 1 aromatic heterocycles. The van der Waals surface area contributed by atoms with Crippen LogP contribution in [0, 0.1) is 0 Å². The minimum atomic E-state index is -4.05. The number of rotatable bonds is 4. The fourth-order valence-electron chi connectivity index (χ4n) is 4.47. The summed E-state index contributed by atoms with van der Waals surface area (Å²) >= 11 is 0. The van der Waals surface area contributed by atoms with Gasteiger partial charge in [-0.2, -0.15) is 0 Å². The van der Waals surface area contributed by atoms with Crippen LogP contribution in [0.15, 0.2) is 71.8 Å². The van der Waals surface area contributed by atoms with Gasteiger partial charge in [-0.25, -0.2) is 21.2 Å². The Labute approximate surface area is 179 Å². The van der Waals surface area contributed by atoms with Crippen LogP contribution >= 0.6 is 0 Å². The molecule has 31 heavy (non-hydrogen) atoms. The zero-order valence-electron chi connectivity index (χ0n) is 16.8. The highest BCUT2D eigenvalue weighted by Gasteiger charge is 2.27. The Morgan fingerprint density at radius 1 is 0.839 bits per heavy atom. The maximum absolute atomic E-state index is 14.0. The Balaban J connectivity index is 1.72. The summed E-state index contributed by atoms with van der Waals surface area (Å²) in [6.45, 7) is 1.56. The lowest BCUT2D eigenvalue weighted by Crippen LogP contribution is -2.29. The van der Waals surface area contributed by atoms with Gasteiger partial charge in [-0.1, -0.05) is 36.4 Å². The van der Waals surface area contributed by atoms with E-state index in [2.05, 4.69) is 4.90 Å². The molecule has 0 unspecified atom stereocenters. The average molecular weight is 441 g/mol. The topological polar surface area (TPSA) is 42.3 Å². The first-order valence-corrected chi connectivity index (χ1v) is 11.8. The van der Waals surface area contributed by atoms with Gasteiger partial charge in [0.2, 0.25) is 0 Å². The van der Waals surface area contributed by atoms with Crippen LogP contribution < -0.4 is 4.90 Å². The maximum atomic E-state index is 14.0. The molecular weight excluding hydrogens is 418 g/mol. The number of aromatic nitrogens is 1. The number of halogens is 2. The maximum Gasteiger partial charge on any atom is 0.268 e. The zero-order chi connectivity index (χ0) is 21.6. The average Bonchev–Trinajstić information content (AvgIpc) is 3.20. The molecule has 0 spiro atoms. The lowest BCUT2D eigenvalue weighted by Gasteiger charge is -2.29. The van der Waals surface area contributed by atoms with Crippen LogP contribution in [0.25, 0.3) is 21.7 Å². The van der Waals surface area contributed by atoms with E-state index in [-0.39, 0.29) is 16.0 Å². The highest BCUT2D eigenvalue weighted by atomic mass is 32.2. The van der Waals surface area contributed by atoms with E-state index < -0.39 is 16.4 Å². The summed E-state index contributed by atoms with van der Waals surface area (Å²) in [5.74, 6) is 0. The van der Waals surface area contributed by atoms with Crippen molar-refractivity contribution < 1.29 is 17.2 Å². The first-order chi connectivity index (χ1) is 15.0. The van der Waals surface area contributed by atoms with Crippen LogP contribution in [-0.4, -0.2) is 25.5 Å². The van der Waals surface area contributed by atoms with Gasteiger partial charge in [0.1, 0.15) is 0 Å². The molecule has 0 atom stereocenters. The third kappa shape index (κ3) is 3.37. The van der Waals surface area contributed by atoms with Crippen molar-refractivity contribution in [3.05, 3.63) is 72.4 Å². The predicted molar refractivity (Wildman–Crippen MR) is 119 cm³/mol. The Morgan fingerprint density at radius 3 is 2.32 bits per heavy atom. The van der Waals surface area contributed by atoms with Crippen molar-refractivity contribution >= 4 is 37.4 Å². The summed E-state index contributed by atoms with van der Waals surface area (Å²) in [5, 5.41) is 2.02. The summed E-state index contributed by atoms with van der Waals surface area (Å²) in [5.41, 5.74) is 0.715. The van der Waals surface area contributed by atoms with Crippen LogP contribution in [0.3, 0.4) is 0 Å². The summed E-state index contributed by atoms with van der Waals surface area (Å²) in [6.07, 6.45) is 1.42. The van der Waals surface area contributed by atoms with E-state index in [0.29, 0.717) is 11.1 Å². The SMILES string of the molecule is O=S(=O)(c1ccc2ccccc2c1)n1cc(C(F)F)c2c(N3CCCCC3)cccc21. The lowest BCUT2D eigenvalue weighted by molar-refractivity contribution is 0.153.